The number of halogens is 1. The van der Waals surface area contributed by atoms with Gasteiger partial charge in [0.2, 0.25) is 0 Å². The molecule has 0 fully saturated rings. The molecule has 1 aromatic heterocycles. The van der Waals surface area contributed by atoms with E-state index in [0.29, 0.717) is 5.15 Å². The zero-order valence-electron chi connectivity index (χ0n) is 12.9. The molecule has 0 radical (unpaired) electrons. The van der Waals surface area contributed by atoms with Gasteiger partial charge < -0.3 is 5.32 Å². The number of nitrogens with zero attached hydrogens (tertiary/aromatic N) is 1. The Morgan fingerprint density at radius 3 is 2.59 bits per heavy atom. The van der Waals surface area contributed by atoms with Gasteiger partial charge in [0, 0.05) is 22.7 Å². The lowest BCUT2D eigenvalue weighted by molar-refractivity contribution is 0.921. The summed E-state index contributed by atoms with van der Waals surface area (Å²) in [4.78, 5) is 4.54. The van der Waals surface area contributed by atoms with Gasteiger partial charge >= 0.3 is 0 Å². The summed E-state index contributed by atoms with van der Waals surface area (Å²) < 4.78 is 0. The van der Waals surface area contributed by atoms with E-state index in [0.717, 1.165) is 40.2 Å². The van der Waals surface area contributed by atoms with Crippen molar-refractivity contribution in [3.63, 3.8) is 0 Å². The number of aryl methyl sites for hydroxylation is 1. The average Bonchev–Trinajstić information content (AvgIpc) is 2.55. The number of hydrogen-bond acceptors (Lipinski definition) is 2. The Bertz CT molecular complexity index is 833. The molecule has 1 N–H and O–H groups in total. The number of allylic oxidation sites excluding steroid dienone is 2. The van der Waals surface area contributed by atoms with Crippen LogP contribution >= 0.6 is 11.6 Å². The molecule has 3 heteroatoms. The van der Waals surface area contributed by atoms with E-state index in [1.54, 1.807) is 0 Å². The lowest BCUT2D eigenvalue weighted by Crippen LogP contribution is -2.38. The molecule has 0 bridgehead atoms. The van der Waals surface area contributed by atoms with Gasteiger partial charge in [-0.25, -0.2) is 4.98 Å². The number of pyridine rings is 1. The van der Waals surface area contributed by atoms with E-state index in [1.807, 2.05) is 25.3 Å². The first-order chi connectivity index (χ1) is 10.7. The molecule has 0 amide bonds. The van der Waals surface area contributed by atoms with Gasteiger partial charge in [-0.15, -0.1) is 0 Å². The van der Waals surface area contributed by atoms with E-state index in [4.69, 9.17) is 11.6 Å². The lowest BCUT2D eigenvalue weighted by Gasteiger charge is -2.17. The van der Waals surface area contributed by atoms with Crippen molar-refractivity contribution in [3.8, 4) is 0 Å². The molecule has 1 aliphatic rings. The van der Waals surface area contributed by atoms with Gasteiger partial charge in [-0.1, -0.05) is 55.3 Å². The minimum atomic E-state index is 0.518. The van der Waals surface area contributed by atoms with Crippen LogP contribution in [0.25, 0.3) is 11.8 Å². The number of nitrogens with one attached hydrogen (secondary N) is 1. The van der Waals surface area contributed by atoms with E-state index in [9.17, 15) is 0 Å². The molecule has 2 aromatic rings. The van der Waals surface area contributed by atoms with E-state index in [-0.39, 0.29) is 0 Å². The van der Waals surface area contributed by atoms with Gasteiger partial charge in [-0.05, 0) is 36.6 Å². The minimum absolute atomic E-state index is 0.518. The van der Waals surface area contributed by atoms with Gasteiger partial charge in [0.05, 0.1) is 5.35 Å². The van der Waals surface area contributed by atoms with Crippen LogP contribution in [0.3, 0.4) is 0 Å². The van der Waals surface area contributed by atoms with Crippen LogP contribution in [0.5, 0.6) is 0 Å². The summed E-state index contributed by atoms with van der Waals surface area (Å²) in [7, 11) is 0. The van der Waals surface area contributed by atoms with Crippen molar-refractivity contribution in [1.82, 2.24) is 10.3 Å². The third-order valence-electron chi connectivity index (χ3n) is 3.85. The molecule has 0 spiro atoms. The molecular formula is C19H19ClN2. The lowest BCUT2D eigenvalue weighted by atomic mass is 9.97. The summed E-state index contributed by atoms with van der Waals surface area (Å²) >= 11 is 6.11. The largest absolute Gasteiger partial charge is 0.361 e. The highest BCUT2D eigenvalue weighted by Gasteiger charge is 2.13. The Balaban J connectivity index is 2.23. The number of fused-ring (bicyclic) bond motifs is 1. The molecule has 3 rings (SSSR count). The number of hydrogen-bond donors (Lipinski definition) is 1. The van der Waals surface area contributed by atoms with Crippen molar-refractivity contribution in [1.29, 1.82) is 0 Å². The van der Waals surface area contributed by atoms with Gasteiger partial charge in [0.1, 0.15) is 5.15 Å². The molecule has 0 unspecified atom stereocenters. The molecule has 2 nitrogen and oxygen atoms in total. The fraction of sp³-hybridized carbons (Fsp3) is 0.211. The van der Waals surface area contributed by atoms with Gasteiger partial charge in [-0.2, -0.15) is 0 Å². The highest BCUT2D eigenvalue weighted by Crippen LogP contribution is 2.20. The fourth-order valence-electron chi connectivity index (χ4n) is 2.76. The van der Waals surface area contributed by atoms with Crippen LogP contribution < -0.4 is 15.9 Å². The fourth-order valence-corrected chi connectivity index (χ4v) is 2.91. The zero-order chi connectivity index (χ0) is 15.5. The Kier molecular flexibility index (Phi) is 4.30. The van der Waals surface area contributed by atoms with Gasteiger partial charge in [-0.3, -0.25) is 0 Å². The maximum atomic E-state index is 6.11. The standard InChI is InChI=1S/C19H19ClN2/c1-3-5-13-6-8-14(9-7-13)18-16(4-2)21-12-15-10-11-17(20)22-19(15)18/h4,6-12,21H,3,5H2,1-2H3/b16-4-. The van der Waals surface area contributed by atoms with Crippen molar-refractivity contribution in [2.75, 3.05) is 0 Å². The second kappa shape index (κ2) is 6.37. The van der Waals surface area contributed by atoms with Crippen molar-refractivity contribution < 1.29 is 0 Å². The second-order valence-corrected chi connectivity index (χ2v) is 5.77. The third kappa shape index (κ3) is 2.79. The molecule has 0 saturated carbocycles. The number of aromatic nitrogens is 1. The van der Waals surface area contributed by atoms with Crippen LogP contribution in [0.4, 0.5) is 0 Å². The summed E-state index contributed by atoms with van der Waals surface area (Å²) in [5.41, 5.74) is 4.68. The highest BCUT2D eigenvalue weighted by molar-refractivity contribution is 6.29. The number of rotatable bonds is 3. The molecule has 0 saturated heterocycles. The molecule has 112 valence electrons. The Hall–Kier alpha value is -2.06. The van der Waals surface area contributed by atoms with E-state index < -0.39 is 0 Å². The summed E-state index contributed by atoms with van der Waals surface area (Å²) in [6.07, 6.45) is 6.31. The molecule has 1 aromatic carbocycles. The molecular weight excluding hydrogens is 292 g/mol. The average molecular weight is 311 g/mol. The summed E-state index contributed by atoms with van der Waals surface area (Å²) in [6.45, 7) is 4.22. The van der Waals surface area contributed by atoms with Crippen molar-refractivity contribution in [3.05, 3.63) is 75.0 Å². The maximum absolute atomic E-state index is 6.11. The second-order valence-electron chi connectivity index (χ2n) is 5.38. The third-order valence-corrected chi connectivity index (χ3v) is 4.06. The molecule has 1 aliphatic heterocycles. The smallest absolute Gasteiger partial charge is 0.129 e. The highest BCUT2D eigenvalue weighted by atomic mass is 35.5. The van der Waals surface area contributed by atoms with E-state index >= 15 is 0 Å². The normalized spacial score (nSPS) is 15.2. The predicted molar refractivity (Wildman–Crippen MR) is 92.8 cm³/mol. The molecule has 0 atom stereocenters. The van der Waals surface area contributed by atoms with Crippen LogP contribution in [-0.2, 0) is 6.42 Å². The maximum Gasteiger partial charge on any atom is 0.129 e. The van der Waals surface area contributed by atoms with E-state index in [1.165, 1.54) is 5.56 Å². The number of benzene rings is 1. The summed E-state index contributed by atoms with van der Waals surface area (Å²) in [5, 5.41) is 5.86. The Morgan fingerprint density at radius 2 is 1.91 bits per heavy atom. The zero-order valence-corrected chi connectivity index (χ0v) is 13.6. The van der Waals surface area contributed by atoms with Crippen molar-refractivity contribution in [2.45, 2.75) is 26.7 Å². The van der Waals surface area contributed by atoms with Crippen molar-refractivity contribution >= 4 is 23.4 Å². The SMILES string of the molecule is C/C=C1\NC=c2ccc(Cl)nc2=C1c1ccc(CCC)cc1. The first kappa shape index (κ1) is 14.9. The topological polar surface area (TPSA) is 24.9 Å². The van der Waals surface area contributed by atoms with Crippen LogP contribution in [0.15, 0.2) is 48.2 Å². The quantitative estimate of drug-likeness (QED) is 0.881. The van der Waals surface area contributed by atoms with Crippen LogP contribution in [0.2, 0.25) is 5.15 Å². The Labute approximate surface area is 135 Å². The van der Waals surface area contributed by atoms with Crippen LogP contribution in [0.1, 0.15) is 31.4 Å². The predicted octanol–water partition coefficient (Wildman–Crippen LogP) is 3.13. The summed E-state index contributed by atoms with van der Waals surface area (Å²) in [5.74, 6) is 0. The first-order valence-corrected chi connectivity index (χ1v) is 8.00. The van der Waals surface area contributed by atoms with Crippen molar-refractivity contribution in [2.24, 2.45) is 0 Å². The monoisotopic (exact) mass is 310 g/mol. The van der Waals surface area contributed by atoms with Crippen LogP contribution in [-0.4, -0.2) is 4.98 Å². The summed E-state index contributed by atoms with van der Waals surface area (Å²) in [6, 6.07) is 12.5. The minimum Gasteiger partial charge on any atom is -0.361 e. The van der Waals surface area contributed by atoms with Gasteiger partial charge in [0.15, 0.2) is 0 Å². The first-order valence-electron chi connectivity index (χ1n) is 7.62. The molecule has 22 heavy (non-hydrogen) atoms. The van der Waals surface area contributed by atoms with E-state index in [2.05, 4.69) is 47.6 Å². The Morgan fingerprint density at radius 1 is 1.14 bits per heavy atom. The molecule has 2 heterocycles. The van der Waals surface area contributed by atoms with Gasteiger partial charge in [0.25, 0.3) is 0 Å². The van der Waals surface area contributed by atoms with Crippen LogP contribution in [0, 0.1) is 0 Å². The molecule has 0 aliphatic carbocycles.